The lowest BCUT2D eigenvalue weighted by Crippen LogP contribution is -2.38. The molecule has 2 rings (SSSR count). The molecule has 5 nitrogen and oxygen atoms in total. The molecule has 0 saturated carbocycles. The van der Waals surface area contributed by atoms with Gasteiger partial charge in [-0.25, -0.2) is 0 Å². The van der Waals surface area contributed by atoms with Crippen LogP contribution in [0.3, 0.4) is 0 Å². The van der Waals surface area contributed by atoms with Crippen LogP contribution in [0.15, 0.2) is 18.2 Å². The van der Waals surface area contributed by atoms with Gasteiger partial charge in [-0.15, -0.1) is 0 Å². The van der Waals surface area contributed by atoms with E-state index in [1.807, 2.05) is 0 Å². The van der Waals surface area contributed by atoms with Gasteiger partial charge in [0.1, 0.15) is 11.5 Å². The van der Waals surface area contributed by atoms with Gasteiger partial charge in [-0.3, -0.25) is 4.79 Å². The molecule has 0 spiro atoms. The van der Waals surface area contributed by atoms with Crippen molar-refractivity contribution < 1.29 is 15.0 Å². The zero-order valence-electron chi connectivity index (χ0n) is 9.68. The average Bonchev–Trinajstić information content (AvgIpc) is 2.80. The summed E-state index contributed by atoms with van der Waals surface area (Å²) in [5.74, 6) is -0.465. The number of hydrogen-bond acceptors (Lipinski definition) is 4. The summed E-state index contributed by atoms with van der Waals surface area (Å²) in [7, 11) is 1.73. The van der Waals surface area contributed by atoms with E-state index in [0.29, 0.717) is 0 Å². The number of hydrogen-bond donors (Lipinski definition) is 3. The van der Waals surface area contributed by atoms with E-state index in [1.165, 1.54) is 18.2 Å². The lowest BCUT2D eigenvalue weighted by Gasteiger charge is -2.24. The number of likely N-dealkylation sites (N-methyl/N-ethyl adjacent to an activating group) is 1. The Bertz CT molecular complexity index is 428. The van der Waals surface area contributed by atoms with E-state index in [1.54, 1.807) is 11.9 Å². The van der Waals surface area contributed by atoms with E-state index < -0.39 is 0 Å². The maximum Gasteiger partial charge on any atom is 0.257 e. The van der Waals surface area contributed by atoms with Gasteiger partial charge in [0, 0.05) is 25.7 Å². The van der Waals surface area contributed by atoms with E-state index in [2.05, 4.69) is 5.32 Å². The van der Waals surface area contributed by atoms with Crippen LogP contribution in [0, 0.1) is 0 Å². The first kappa shape index (κ1) is 11.7. The first-order valence-corrected chi connectivity index (χ1v) is 5.59. The molecule has 1 aliphatic heterocycles. The first-order chi connectivity index (χ1) is 8.09. The van der Waals surface area contributed by atoms with Crippen molar-refractivity contribution in [3.8, 4) is 11.5 Å². The highest BCUT2D eigenvalue weighted by Gasteiger charge is 2.25. The van der Waals surface area contributed by atoms with Crippen molar-refractivity contribution in [2.45, 2.75) is 12.5 Å². The summed E-state index contributed by atoms with van der Waals surface area (Å²) in [6.07, 6.45) is 0.918. The number of carbonyl (C=O) groups is 1. The topological polar surface area (TPSA) is 72.8 Å². The Morgan fingerprint density at radius 3 is 2.82 bits per heavy atom. The van der Waals surface area contributed by atoms with Gasteiger partial charge in [-0.05, 0) is 25.1 Å². The summed E-state index contributed by atoms with van der Waals surface area (Å²) in [6.45, 7) is 1.69. The summed E-state index contributed by atoms with van der Waals surface area (Å²) < 4.78 is 0. The standard InChI is InChI=1S/C12H16N2O3/c1-14(8-4-5-13-7-8)12(17)10-3-2-9(15)6-11(10)16/h2-3,6,8,13,15-16H,4-5,7H2,1H3. The molecule has 92 valence electrons. The van der Waals surface area contributed by atoms with Gasteiger partial charge in [-0.1, -0.05) is 0 Å². The summed E-state index contributed by atoms with van der Waals surface area (Å²) in [6, 6.07) is 4.17. The Morgan fingerprint density at radius 1 is 1.47 bits per heavy atom. The molecule has 1 amide bonds. The zero-order valence-corrected chi connectivity index (χ0v) is 9.68. The first-order valence-electron chi connectivity index (χ1n) is 5.59. The number of nitrogens with zero attached hydrogens (tertiary/aromatic N) is 1. The van der Waals surface area contributed by atoms with E-state index in [-0.39, 0.29) is 29.0 Å². The Kier molecular flexibility index (Phi) is 3.19. The highest BCUT2D eigenvalue weighted by Crippen LogP contribution is 2.24. The van der Waals surface area contributed by atoms with Crippen molar-refractivity contribution in [1.29, 1.82) is 0 Å². The van der Waals surface area contributed by atoms with Crippen LogP contribution in [-0.4, -0.2) is 47.2 Å². The number of phenolic OH excluding ortho intramolecular Hbond substituents is 2. The highest BCUT2D eigenvalue weighted by atomic mass is 16.3. The van der Waals surface area contributed by atoms with Crippen LogP contribution in [0.1, 0.15) is 16.8 Å². The molecule has 1 heterocycles. The van der Waals surface area contributed by atoms with Crippen LogP contribution in [-0.2, 0) is 0 Å². The summed E-state index contributed by atoms with van der Waals surface area (Å²) in [5, 5.41) is 22.0. The van der Waals surface area contributed by atoms with E-state index in [4.69, 9.17) is 0 Å². The molecular formula is C12H16N2O3. The largest absolute Gasteiger partial charge is 0.508 e. The van der Waals surface area contributed by atoms with Gasteiger partial charge in [0.05, 0.1) is 5.56 Å². The van der Waals surface area contributed by atoms with Gasteiger partial charge in [0.15, 0.2) is 0 Å². The number of aromatic hydroxyl groups is 2. The summed E-state index contributed by atoms with van der Waals surface area (Å²) in [4.78, 5) is 13.8. The van der Waals surface area contributed by atoms with E-state index >= 15 is 0 Å². The second-order valence-electron chi connectivity index (χ2n) is 4.26. The molecule has 1 fully saturated rings. The fourth-order valence-electron chi connectivity index (χ4n) is 2.03. The van der Waals surface area contributed by atoms with Gasteiger partial charge in [-0.2, -0.15) is 0 Å². The second kappa shape index (κ2) is 4.63. The van der Waals surface area contributed by atoms with Gasteiger partial charge in [0.25, 0.3) is 5.91 Å². The maximum absolute atomic E-state index is 12.1. The third kappa shape index (κ3) is 2.34. The Morgan fingerprint density at radius 2 is 2.24 bits per heavy atom. The van der Waals surface area contributed by atoms with Crippen LogP contribution in [0.25, 0.3) is 0 Å². The molecule has 3 N–H and O–H groups in total. The molecule has 0 aliphatic carbocycles. The lowest BCUT2D eigenvalue weighted by molar-refractivity contribution is 0.0740. The monoisotopic (exact) mass is 236 g/mol. The third-order valence-electron chi connectivity index (χ3n) is 3.11. The average molecular weight is 236 g/mol. The van der Waals surface area contributed by atoms with Crippen molar-refractivity contribution >= 4 is 5.91 Å². The van der Waals surface area contributed by atoms with Crippen LogP contribution >= 0.6 is 0 Å². The smallest absolute Gasteiger partial charge is 0.257 e. The van der Waals surface area contributed by atoms with Gasteiger partial charge < -0.3 is 20.4 Å². The quantitative estimate of drug-likeness (QED) is 0.700. The normalized spacial score (nSPS) is 19.2. The fourth-order valence-corrected chi connectivity index (χ4v) is 2.03. The minimum absolute atomic E-state index is 0.0516. The van der Waals surface area contributed by atoms with Gasteiger partial charge in [0.2, 0.25) is 0 Å². The SMILES string of the molecule is CN(C(=O)c1ccc(O)cc1O)C1CCNC1. The number of amides is 1. The predicted octanol–water partition coefficient (Wildman–Crippen LogP) is 0.532. The molecule has 0 radical (unpaired) electrons. The Labute approximate surface area is 99.7 Å². The predicted molar refractivity (Wildman–Crippen MR) is 63.1 cm³/mol. The molecule has 17 heavy (non-hydrogen) atoms. The van der Waals surface area contributed by atoms with Crippen molar-refractivity contribution in [3.63, 3.8) is 0 Å². The number of rotatable bonds is 2. The third-order valence-corrected chi connectivity index (χ3v) is 3.11. The minimum Gasteiger partial charge on any atom is -0.508 e. The fraction of sp³-hybridized carbons (Fsp3) is 0.417. The molecule has 1 unspecified atom stereocenters. The zero-order chi connectivity index (χ0) is 12.4. The minimum atomic E-state index is -0.226. The Balaban J connectivity index is 2.18. The van der Waals surface area contributed by atoms with Crippen molar-refractivity contribution in [3.05, 3.63) is 23.8 Å². The highest BCUT2D eigenvalue weighted by molar-refractivity contribution is 5.97. The number of nitrogens with one attached hydrogen (secondary N) is 1. The molecule has 1 saturated heterocycles. The number of benzene rings is 1. The summed E-state index contributed by atoms with van der Waals surface area (Å²) >= 11 is 0. The van der Waals surface area contributed by atoms with Crippen LogP contribution < -0.4 is 5.32 Å². The van der Waals surface area contributed by atoms with E-state index in [9.17, 15) is 15.0 Å². The van der Waals surface area contributed by atoms with Crippen LogP contribution in [0.4, 0.5) is 0 Å². The molecule has 1 atom stereocenters. The molecule has 0 bridgehead atoms. The number of carbonyl (C=O) groups excluding carboxylic acids is 1. The van der Waals surface area contributed by atoms with Crippen molar-refractivity contribution in [2.75, 3.05) is 20.1 Å². The number of phenols is 2. The molecule has 5 heteroatoms. The lowest BCUT2D eigenvalue weighted by atomic mass is 10.1. The molecule has 1 aromatic carbocycles. The van der Waals surface area contributed by atoms with Crippen LogP contribution in [0.2, 0.25) is 0 Å². The maximum atomic E-state index is 12.1. The summed E-state index contributed by atoms with van der Waals surface area (Å²) in [5.41, 5.74) is 0.220. The van der Waals surface area contributed by atoms with Crippen molar-refractivity contribution in [2.24, 2.45) is 0 Å². The molecule has 0 aromatic heterocycles. The van der Waals surface area contributed by atoms with E-state index in [0.717, 1.165) is 19.5 Å². The molecule has 1 aliphatic rings. The van der Waals surface area contributed by atoms with Crippen LogP contribution in [0.5, 0.6) is 11.5 Å². The Hall–Kier alpha value is -1.75. The second-order valence-corrected chi connectivity index (χ2v) is 4.26. The van der Waals surface area contributed by atoms with Gasteiger partial charge >= 0.3 is 0 Å². The molecule has 1 aromatic rings. The van der Waals surface area contributed by atoms with Crippen molar-refractivity contribution in [1.82, 2.24) is 10.2 Å². The molecular weight excluding hydrogens is 220 g/mol.